The lowest BCUT2D eigenvalue weighted by Crippen LogP contribution is -2.45. The van der Waals surface area contributed by atoms with Gasteiger partial charge in [0.05, 0.1) is 17.0 Å². The zero-order valence-electron chi connectivity index (χ0n) is 18.7. The van der Waals surface area contributed by atoms with Gasteiger partial charge in [-0.15, -0.1) is 13.2 Å². The second-order valence-corrected chi connectivity index (χ2v) is 8.37. The van der Waals surface area contributed by atoms with Crippen LogP contribution in [0.5, 0.6) is 5.75 Å². The van der Waals surface area contributed by atoms with Crippen LogP contribution in [0.25, 0.3) is 22.5 Å². The zero-order chi connectivity index (χ0) is 24.3. The van der Waals surface area contributed by atoms with Crippen molar-refractivity contribution >= 4 is 5.97 Å². The molecule has 2 aromatic carbocycles. The van der Waals surface area contributed by atoms with Gasteiger partial charge < -0.3 is 24.6 Å². The van der Waals surface area contributed by atoms with Crippen molar-refractivity contribution in [3.05, 3.63) is 65.7 Å². The van der Waals surface area contributed by atoms with E-state index in [0.29, 0.717) is 41.0 Å². The maximum absolute atomic E-state index is 12.8. The number of nitrogens with zero attached hydrogens (tertiary/aromatic N) is 2. The summed E-state index contributed by atoms with van der Waals surface area (Å²) in [6.07, 6.45) is -4.38. The summed E-state index contributed by atoms with van der Waals surface area (Å²) in [5.41, 5.74) is 2.73. The highest BCUT2D eigenvalue weighted by Crippen LogP contribution is 2.36. The summed E-state index contributed by atoms with van der Waals surface area (Å²) in [6.45, 7) is 4.25. The van der Waals surface area contributed by atoms with Crippen molar-refractivity contribution in [2.75, 3.05) is 39.8 Å². The molecule has 1 fully saturated rings. The van der Waals surface area contributed by atoms with Crippen LogP contribution in [0.4, 0.5) is 13.2 Å². The van der Waals surface area contributed by atoms with E-state index >= 15 is 0 Å². The molecular weight excluding hydrogens is 447 g/mol. The summed E-state index contributed by atoms with van der Waals surface area (Å²) < 4.78 is 42.5. The molecule has 1 saturated heterocycles. The molecule has 34 heavy (non-hydrogen) atoms. The van der Waals surface area contributed by atoms with Crippen LogP contribution in [-0.4, -0.2) is 72.0 Å². The number of likely N-dealkylation sites (N-methyl/N-ethyl adjacent to an activating group) is 1. The topological polar surface area (TPSA) is 68.8 Å². The normalized spacial score (nSPS) is 15.4. The molecule has 0 atom stereocenters. The molecule has 0 amide bonds. The molecule has 1 aromatic heterocycles. The Morgan fingerprint density at radius 1 is 1.00 bits per heavy atom. The SMILES string of the molecule is CN1CCN(CCc2c(-c3cccc(OC(F)(F)F)c3)[nH]c(-c3ccccc3)c2C(=O)O)CC1. The number of benzene rings is 2. The van der Waals surface area contributed by atoms with Crippen LogP contribution in [0, 0.1) is 0 Å². The van der Waals surface area contributed by atoms with E-state index < -0.39 is 12.3 Å². The Hall–Kier alpha value is -3.30. The van der Waals surface area contributed by atoms with Gasteiger partial charge in [0.25, 0.3) is 0 Å². The molecule has 180 valence electrons. The number of aromatic carboxylic acids is 1. The van der Waals surface area contributed by atoms with E-state index in [4.69, 9.17) is 0 Å². The smallest absolute Gasteiger partial charge is 0.478 e. The van der Waals surface area contributed by atoms with Gasteiger partial charge in [0, 0.05) is 38.3 Å². The minimum Gasteiger partial charge on any atom is -0.478 e. The first-order valence-corrected chi connectivity index (χ1v) is 11.0. The standard InChI is InChI=1S/C25H26F3N3O3/c1-30-12-14-31(15-13-30)11-10-20-21(24(32)33)23(17-6-3-2-4-7-17)29-22(20)18-8-5-9-19(16-18)34-25(26,27)28/h2-9,16,29H,10-15H2,1H3,(H,32,33). The summed E-state index contributed by atoms with van der Waals surface area (Å²) in [5, 5.41) is 10.1. The first-order valence-electron chi connectivity index (χ1n) is 11.0. The van der Waals surface area contributed by atoms with Crippen molar-refractivity contribution in [1.29, 1.82) is 0 Å². The van der Waals surface area contributed by atoms with Gasteiger partial charge in [-0.25, -0.2) is 4.79 Å². The van der Waals surface area contributed by atoms with Gasteiger partial charge in [-0.3, -0.25) is 0 Å². The van der Waals surface area contributed by atoms with E-state index in [0.717, 1.165) is 26.2 Å². The predicted octanol–water partition coefficient (Wildman–Crippen LogP) is 4.74. The monoisotopic (exact) mass is 473 g/mol. The average Bonchev–Trinajstić information content (AvgIpc) is 3.18. The molecule has 1 aliphatic rings. The first kappa shape index (κ1) is 23.8. The number of nitrogens with one attached hydrogen (secondary N) is 1. The Balaban J connectivity index is 1.76. The Morgan fingerprint density at radius 3 is 2.32 bits per heavy atom. The third-order valence-corrected chi connectivity index (χ3v) is 6.01. The van der Waals surface area contributed by atoms with E-state index in [-0.39, 0.29) is 11.3 Å². The summed E-state index contributed by atoms with van der Waals surface area (Å²) in [7, 11) is 2.06. The predicted molar refractivity (Wildman–Crippen MR) is 123 cm³/mol. The number of halogens is 3. The van der Waals surface area contributed by atoms with Crippen molar-refractivity contribution < 1.29 is 27.8 Å². The molecule has 9 heteroatoms. The molecule has 0 spiro atoms. The number of carbonyl (C=O) groups is 1. The highest BCUT2D eigenvalue weighted by atomic mass is 19.4. The Labute approximate surface area is 195 Å². The van der Waals surface area contributed by atoms with Gasteiger partial charge in [-0.05, 0) is 36.7 Å². The van der Waals surface area contributed by atoms with Crippen molar-refractivity contribution in [3.8, 4) is 28.3 Å². The van der Waals surface area contributed by atoms with Crippen LogP contribution in [0.1, 0.15) is 15.9 Å². The van der Waals surface area contributed by atoms with E-state index in [1.807, 2.05) is 18.2 Å². The van der Waals surface area contributed by atoms with Crippen molar-refractivity contribution in [2.24, 2.45) is 0 Å². The van der Waals surface area contributed by atoms with Crippen LogP contribution in [0.2, 0.25) is 0 Å². The molecule has 2 N–H and O–H groups in total. The number of hydrogen-bond acceptors (Lipinski definition) is 4. The molecule has 0 bridgehead atoms. The number of aromatic nitrogens is 1. The highest BCUT2D eigenvalue weighted by molar-refractivity contribution is 5.99. The molecule has 0 saturated carbocycles. The zero-order valence-corrected chi connectivity index (χ0v) is 18.7. The van der Waals surface area contributed by atoms with Gasteiger partial charge >= 0.3 is 12.3 Å². The molecule has 3 aromatic rings. The number of aromatic amines is 1. The van der Waals surface area contributed by atoms with Crippen LogP contribution < -0.4 is 4.74 Å². The second kappa shape index (κ2) is 9.90. The lowest BCUT2D eigenvalue weighted by molar-refractivity contribution is -0.274. The Bertz CT molecular complexity index is 1140. The van der Waals surface area contributed by atoms with E-state index in [1.165, 1.54) is 18.2 Å². The highest BCUT2D eigenvalue weighted by Gasteiger charge is 2.31. The minimum atomic E-state index is -4.82. The molecule has 0 aliphatic carbocycles. The third-order valence-electron chi connectivity index (χ3n) is 6.01. The van der Waals surface area contributed by atoms with Crippen LogP contribution in [-0.2, 0) is 6.42 Å². The van der Waals surface area contributed by atoms with Gasteiger partial charge in [0.2, 0.25) is 0 Å². The number of piperazine rings is 1. The fourth-order valence-corrected chi connectivity index (χ4v) is 4.28. The molecule has 1 aliphatic heterocycles. The van der Waals surface area contributed by atoms with E-state index in [9.17, 15) is 23.1 Å². The molecule has 0 unspecified atom stereocenters. The Kier molecular flexibility index (Phi) is 6.95. The van der Waals surface area contributed by atoms with Crippen molar-refractivity contribution in [1.82, 2.24) is 14.8 Å². The number of hydrogen-bond donors (Lipinski definition) is 2. The minimum absolute atomic E-state index is 0.137. The van der Waals surface area contributed by atoms with Crippen LogP contribution >= 0.6 is 0 Å². The number of alkyl halides is 3. The largest absolute Gasteiger partial charge is 0.573 e. The quantitative estimate of drug-likeness (QED) is 0.519. The number of carboxylic acids is 1. The number of carboxylic acid groups (broad SMARTS) is 1. The lowest BCUT2D eigenvalue weighted by Gasteiger charge is -2.32. The first-order chi connectivity index (χ1) is 16.2. The summed E-state index contributed by atoms with van der Waals surface area (Å²) in [6, 6.07) is 14.7. The van der Waals surface area contributed by atoms with Crippen molar-refractivity contribution in [2.45, 2.75) is 12.8 Å². The molecule has 0 radical (unpaired) electrons. The second-order valence-electron chi connectivity index (χ2n) is 8.37. The molecular formula is C25H26F3N3O3. The number of rotatable bonds is 7. The average molecular weight is 473 g/mol. The van der Waals surface area contributed by atoms with Crippen LogP contribution in [0.3, 0.4) is 0 Å². The summed E-state index contributed by atoms with van der Waals surface area (Å²) >= 11 is 0. The van der Waals surface area contributed by atoms with Gasteiger partial charge in [0.15, 0.2) is 0 Å². The lowest BCUT2D eigenvalue weighted by atomic mass is 9.98. The Morgan fingerprint density at radius 2 is 1.68 bits per heavy atom. The maximum atomic E-state index is 12.8. The van der Waals surface area contributed by atoms with Gasteiger partial charge in [-0.1, -0.05) is 42.5 Å². The van der Waals surface area contributed by atoms with Crippen LogP contribution in [0.15, 0.2) is 54.6 Å². The summed E-state index contributed by atoms with van der Waals surface area (Å²) in [4.78, 5) is 20.1. The van der Waals surface area contributed by atoms with Gasteiger partial charge in [0.1, 0.15) is 5.75 Å². The third kappa shape index (κ3) is 5.60. The summed E-state index contributed by atoms with van der Waals surface area (Å²) in [5.74, 6) is -1.44. The number of H-pyrrole nitrogens is 1. The molecule has 4 rings (SSSR count). The van der Waals surface area contributed by atoms with E-state index in [2.05, 4.69) is 26.6 Å². The maximum Gasteiger partial charge on any atom is 0.573 e. The fraction of sp³-hybridized carbons (Fsp3) is 0.320. The van der Waals surface area contributed by atoms with Crippen molar-refractivity contribution in [3.63, 3.8) is 0 Å². The number of ether oxygens (including phenoxy) is 1. The van der Waals surface area contributed by atoms with Gasteiger partial charge in [-0.2, -0.15) is 0 Å². The molecule has 2 heterocycles. The fourth-order valence-electron chi connectivity index (χ4n) is 4.28. The van der Waals surface area contributed by atoms with E-state index in [1.54, 1.807) is 18.2 Å². The molecule has 6 nitrogen and oxygen atoms in total.